The van der Waals surface area contributed by atoms with Crippen LogP contribution in [0.1, 0.15) is 12.0 Å². The highest BCUT2D eigenvalue weighted by Gasteiger charge is 1.95. The standard InChI is InChI=1S/C13H17NO/c1-14(2)13(15)11-7-6-10-12-8-4-3-5-9-12/h3-5,7-9,11H,6,10H2,1-2H3/b11-7-. The number of benzene rings is 1. The maximum absolute atomic E-state index is 11.2. The molecule has 0 spiro atoms. The summed E-state index contributed by atoms with van der Waals surface area (Å²) in [5.41, 5.74) is 1.31. The number of hydrogen-bond donors (Lipinski definition) is 0. The zero-order valence-electron chi connectivity index (χ0n) is 9.31. The Labute approximate surface area is 91.2 Å². The summed E-state index contributed by atoms with van der Waals surface area (Å²) in [6.45, 7) is 0. The van der Waals surface area contributed by atoms with Gasteiger partial charge in [0.25, 0.3) is 0 Å². The van der Waals surface area contributed by atoms with Gasteiger partial charge in [-0.05, 0) is 24.5 Å². The Hall–Kier alpha value is -1.57. The van der Waals surface area contributed by atoms with E-state index in [1.54, 1.807) is 25.1 Å². The van der Waals surface area contributed by atoms with Crippen LogP contribution < -0.4 is 0 Å². The van der Waals surface area contributed by atoms with E-state index < -0.39 is 0 Å². The first-order valence-corrected chi connectivity index (χ1v) is 5.12. The van der Waals surface area contributed by atoms with Gasteiger partial charge >= 0.3 is 0 Å². The Morgan fingerprint density at radius 3 is 2.53 bits per heavy atom. The molecule has 0 N–H and O–H groups in total. The molecule has 0 atom stereocenters. The summed E-state index contributed by atoms with van der Waals surface area (Å²) in [5, 5.41) is 0. The van der Waals surface area contributed by atoms with Gasteiger partial charge in [-0.25, -0.2) is 0 Å². The van der Waals surface area contributed by atoms with E-state index in [1.807, 2.05) is 24.3 Å². The van der Waals surface area contributed by atoms with Crippen LogP contribution >= 0.6 is 0 Å². The topological polar surface area (TPSA) is 20.3 Å². The van der Waals surface area contributed by atoms with Crippen LogP contribution in [0, 0.1) is 0 Å². The number of rotatable bonds is 4. The third-order valence-corrected chi connectivity index (χ3v) is 2.14. The second-order valence-electron chi connectivity index (χ2n) is 3.66. The summed E-state index contributed by atoms with van der Waals surface area (Å²) in [4.78, 5) is 12.8. The van der Waals surface area contributed by atoms with Crippen LogP contribution in [-0.4, -0.2) is 24.9 Å². The molecule has 0 radical (unpaired) electrons. The predicted molar refractivity (Wildman–Crippen MR) is 62.6 cm³/mol. The van der Waals surface area contributed by atoms with Gasteiger partial charge in [0.2, 0.25) is 5.91 Å². The van der Waals surface area contributed by atoms with E-state index >= 15 is 0 Å². The summed E-state index contributed by atoms with van der Waals surface area (Å²) in [7, 11) is 3.51. The van der Waals surface area contributed by atoms with Gasteiger partial charge in [0.1, 0.15) is 0 Å². The fourth-order valence-electron chi connectivity index (χ4n) is 1.23. The molecule has 0 aliphatic carbocycles. The normalized spacial score (nSPS) is 10.5. The number of carbonyl (C=O) groups excluding carboxylic acids is 1. The summed E-state index contributed by atoms with van der Waals surface area (Å²) < 4.78 is 0. The van der Waals surface area contributed by atoms with Gasteiger partial charge in [-0.15, -0.1) is 0 Å². The van der Waals surface area contributed by atoms with Crippen LogP contribution in [0.2, 0.25) is 0 Å². The number of amides is 1. The summed E-state index contributed by atoms with van der Waals surface area (Å²) in [6, 6.07) is 10.3. The number of nitrogens with zero attached hydrogens (tertiary/aromatic N) is 1. The molecular weight excluding hydrogens is 186 g/mol. The highest BCUT2D eigenvalue weighted by molar-refractivity contribution is 5.87. The van der Waals surface area contributed by atoms with Crippen LogP contribution in [0.25, 0.3) is 0 Å². The first kappa shape index (κ1) is 11.5. The molecular formula is C13H17NO. The van der Waals surface area contributed by atoms with Crippen molar-refractivity contribution >= 4 is 5.91 Å². The van der Waals surface area contributed by atoms with E-state index in [1.165, 1.54) is 5.56 Å². The van der Waals surface area contributed by atoms with Gasteiger partial charge in [-0.2, -0.15) is 0 Å². The van der Waals surface area contributed by atoms with Crippen molar-refractivity contribution in [2.24, 2.45) is 0 Å². The molecule has 0 unspecified atom stereocenters. The van der Waals surface area contributed by atoms with Gasteiger partial charge < -0.3 is 4.90 Å². The molecule has 0 saturated carbocycles. The fourth-order valence-corrected chi connectivity index (χ4v) is 1.23. The molecule has 2 nitrogen and oxygen atoms in total. The maximum atomic E-state index is 11.2. The lowest BCUT2D eigenvalue weighted by molar-refractivity contribution is -0.123. The first-order valence-electron chi connectivity index (χ1n) is 5.12. The zero-order valence-corrected chi connectivity index (χ0v) is 9.31. The highest BCUT2D eigenvalue weighted by atomic mass is 16.2. The average molecular weight is 203 g/mol. The number of hydrogen-bond acceptors (Lipinski definition) is 1. The van der Waals surface area contributed by atoms with Gasteiger partial charge in [0.05, 0.1) is 0 Å². The van der Waals surface area contributed by atoms with Crippen molar-refractivity contribution in [1.29, 1.82) is 0 Å². The van der Waals surface area contributed by atoms with E-state index in [0.717, 1.165) is 12.8 Å². The number of likely N-dealkylation sites (N-methyl/N-ethyl adjacent to an activating group) is 1. The Balaban J connectivity index is 2.31. The van der Waals surface area contributed by atoms with E-state index in [0.29, 0.717) is 0 Å². The van der Waals surface area contributed by atoms with Crippen molar-refractivity contribution in [3.63, 3.8) is 0 Å². The van der Waals surface area contributed by atoms with Crippen molar-refractivity contribution in [3.8, 4) is 0 Å². The Kier molecular flexibility index (Phi) is 4.61. The average Bonchev–Trinajstić information content (AvgIpc) is 2.25. The molecule has 0 fully saturated rings. The molecule has 0 aliphatic rings. The maximum Gasteiger partial charge on any atom is 0.245 e. The monoisotopic (exact) mass is 203 g/mol. The minimum atomic E-state index is 0.0445. The third kappa shape index (κ3) is 4.45. The largest absolute Gasteiger partial charge is 0.345 e. The third-order valence-electron chi connectivity index (χ3n) is 2.14. The lowest BCUT2D eigenvalue weighted by atomic mass is 10.1. The molecule has 1 aromatic rings. The lowest BCUT2D eigenvalue weighted by Gasteiger charge is -2.04. The van der Waals surface area contributed by atoms with Crippen molar-refractivity contribution in [3.05, 3.63) is 48.0 Å². The molecule has 0 aliphatic heterocycles. The molecule has 15 heavy (non-hydrogen) atoms. The van der Waals surface area contributed by atoms with Crippen LogP contribution in [0.4, 0.5) is 0 Å². The summed E-state index contributed by atoms with van der Waals surface area (Å²) >= 11 is 0. The van der Waals surface area contributed by atoms with Gasteiger partial charge in [0, 0.05) is 14.1 Å². The number of allylic oxidation sites excluding steroid dienone is 1. The fraction of sp³-hybridized carbons (Fsp3) is 0.308. The number of carbonyl (C=O) groups is 1. The van der Waals surface area contributed by atoms with Crippen molar-refractivity contribution < 1.29 is 4.79 Å². The van der Waals surface area contributed by atoms with Gasteiger partial charge in [0.15, 0.2) is 0 Å². The number of aryl methyl sites for hydroxylation is 1. The van der Waals surface area contributed by atoms with Gasteiger partial charge in [-0.3, -0.25) is 4.79 Å². The second kappa shape index (κ2) is 6.02. The van der Waals surface area contributed by atoms with Crippen molar-refractivity contribution in [2.75, 3.05) is 14.1 Å². The molecule has 0 saturated heterocycles. The van der Waals surface area contributed by atoms with E-state index in [9.17, 15) is 4.79 Å². The predicted octanol–water partition coefficient (Wildman–Crippen LogP) is 2.26. The molecule has 1 aromatic carbocycles. The Morgan fingerprint density at radius 1 is 1.27 bits per heavy atom. The SMILES string of the molecule is CN(C)C(=O)/C=C\CCc1ccccc1. The summed E-state index contributed by atoms with van der Waals surface area (Å²) in [5.74, 6) is 0.0445. The Bertz CT molecular complexity index is 328. The molecule has 1 amide bonds. The van der Waals surface area contributed by atoms with Gasteiger partial charge in [-0.1, -0.05) is 36.4 Å². The molecule has 1 rings (SSSR count). The zero-order chi connectivity index (χ0) is 11.1. The molecule has 2 heteroatoms. The molecule has 0 heterocycles. The lowest BCUT2D eigenvalue weighted by Crippen LogP contribution is -2.18. The smallest absolute Gasteiger partial charge is 0.245 e. The van der Waals surface area contributed by atoms with E-state index in [2.05, 4.69) is 12.1 Å². The van der Waals surface area contributed by atoms with Crippen LogP contribution in [-0.2, 0) is 11.2 Å². The minimum Gasteiger partial charge on any atom is -0.345 e. The van der Waals surface area contributed by atoms with Crippen molar-refractivity contribution in [2.45, 2.75) is 12.8 Å². The molecule has 0 aromatic heterocycles. The quantitative estimate of drug-likeness (QED) is 0.687. The van der Waals surface area contributed by atoms with E-state index in [4.69, 9.17) is 0 Å². The summed E-state index contributed by atoms with van der Waals surface area (Å²) in [6.07, 6.45) is 5.44. The van der Waals surface area contributed by atoms with Crippen LogP contribution in [0.3, 0.4) is 0 Å². The first-order chi connectivity index (χ1) is 7.20. The highest BCUT2D eigenvalue weighted by Crippen LogP contribution is 2.02. The molecule has 80 valence electrons. The van der Waals surface area contributed by atoms with E-state index in [-0.39, 0.29) is 5.91 Å². The second-order valence-corrected chi connectivity index (χ2v) is 3.66. The minimum absolute atomic E-state index is 0.0445. The van der Waals surface area contributed by atoms with Crippen molar-refractivity contribution in [1.82, 2.24) is 4.90 Å². The van der Waals surface area contributed by atoms with Crippen LogP contribution in [0.15, 0.2) is 42.5 Å². The van der Waals surface area contributed by atoms with Crippen LogP contribution in [0.5, 0.6) is 0 Å². The molecule has 0 bridgehead atoms. The Morgan fingerprint density at radius 2 is 1.93 bits per heavy atom.